The van der Waals surface area contributed by atoms with E-state index in [9.17, 15) is 18.0 Å². The third-order valence-corrected chi connectivity index (χ3v) is 6.31. The molecule has 0 saturated carbocycles. The molecule has 9 heteroatoms. The van der Waals surface area contributed by atoms with Gasteiger partial charge >= 0.3 is 5.97 Å². The molecule has 136 valence electrons. The van der Waals surface area contributed by atoms with Crippen LogP contribution in [0.5, 0.6) is 0 Å². The minimum atomic E-state index is -3.14. The predicted molar refractivity (Wildman–Crippen MR) is 88.3 cm³/mol. The molecule has 8 nitrogen and oxygen atoms in total. The lowest BCUT2D eigenvalue weighted by molar-refractivity contribution is 0.0440. The van der Waals surface area contributed by atoms with E-state index in [4.69, 9.17) is 9.84 Å². The molecule has 1 aromatic heterocycles. The van der Waals surface area contributed by atoms with E-state index < -0.39 is 15.8 Å². The first kappa shape index (κ1) is 17.8. The zero-order valence-corrected chi connectivity index (χ0v) is 14.4. The van der Waals surface area contributed by atoms with E-state index in [1.807, 2.05) is 0 Å². The lowest BCUT2D eigenvalue weighted by Gasteiger charge is -2.30. The summed E-state index contributed by atoms with van der Waals surface area (Å²) >= 11 is 0. The second-order valence-corrected chi connectivity index (χ2v) is 8.62. The first-order valence-corrected chi connectivity index (χ1v) is 10.0. The summed E-state index contributed by atoms with van der Waals surface area (Å²) in [4.78, 5) is 29.1. The number of carboxylic acid groups (broad SMARTS) is 1. The molecule has 1 aromatic rings. The van der Waals surface area contributed by atoms with Crippen LogP contribution >= 0.6 is 0 Å². The molecular weight excluding hydrogens is 348 g/mol. The Morgan fingerprint density at radius 1 is 1.32 bits per heavy atom. The minimum Gasteiger partial charge on any atom is -0.477 e. The molecule has 2 aliphatic rings. The van der Waals surface area contributed by atoms with Crippen LogP contribution in [-0.2, 0) is 14.6 Å². The zero-order chi connectivity index (χ0) is 18.0. The van der Waals surface area contributed by atoms with Crippen molar-refractivity contribution in [1.29, 1.82) is 0 Å². The monoisotopic (exact) mass is 368 g/mol. The van der Waals surface area contributed by atoms with E-state index in [0.717, 1.165) is 12.8 Å². The van der Waals surface area contributed by atoms with Gasteiger partial charge in [-0.25, -0.2) is 18.2 Å². The fourth-order valence-corrected chi connectivity index (χ4v) is 4.97. The van der Waals surface area contributed by atoms with Gasteiger partial charge in [-0.3, -0.25) is 4.79 Å². The fraction of sp³-hybridized carbons (Fsp3) is 0.562. The molecule has 2 saturated heterocycles. The van der Waals surface area contributed by atoms with E-state index in [1.165, 1.54) is 18.3 Å². The third-order valence-electron chi connectivity index (χ3n) is 4.56. The lowest BCUT2D eigenvalue weighted by Crippen LogP contribution is -2.45. The Kier molecular flexibility index (Phi) is 5.05. The van der Waals surface area contributed by atoms with Gasteiger partial charge in [0, 0.05) is 25.4 Å². The summed E-state index contributed by atoms with van der Waals surface area (Å²) < 4.78 is 29.2. The smallest absolute Gasteiger partial charge is 0.354 e. The molecule has 0 aromatic carbocycles. The van der Waals surface area contributed by atoms with Crippen LogP contribution in [0.25, 0.3) is 0 Å². The molecule has 2 unspecified atom stereocenters. The largest absolute Gasteiger partial charge is 0.477 e. The van der Waals surface area contributed by atoms with Gasteiger partial charge in [-0.05, 0) is 31.4 Å². The van der Waals surface area contributed by atoms with Crippen LogP contribution in [0.3, 0.4) is 0 Å². The van der Waals surface area contributed by atoms with Crippen molar-refractivity contribution < 1.29 is 27.9 Å². The number of amides is 1. The number of carboxylic acids is 1. The predicted octanol–water partition coefficient (Wildman–Crippen LogP) is 0.588. The van der Waals surface area contributed by atoms with Crippen LogP contribution < -0.4 is 0 Å². The second-order valence-electron chi connectivity index (χ2n) is 6.39. The van der Waals surface area contributed by atoms with Crippen LogP contribution in [0.2, 0.25) is 0 Å². The number of aromatic nitrogens is 1. The van der Waals surface area contributed by atoms with Crippen molar-refractivity contribution in [3.05, 3.63) is 29.6 Å². The Morgan fingerprint density at radius 3 is 2.64 bits per heavy atom. The van der Waals surface area contributed by atoms with Gasteiger partial charge in [-0.15, -0.1) is 0 Å². The van der Waals surface area contributed by atoms with Crippen molar-refractivity contribution >= 4 is 21.7 Å². The van der Waals surface area contributed by atoms with Gasteiger partial charge in [-0.1, -0.05) is 0 Å². The second kappa shape index (κ2) is 7.09. The lowest BCUT2D eigenvalue weighted by atomic mass is 10.1. The average molecular weight is 368 g/mol. The van der Waals surface area contributed by atoms with E-state index in [0.29, 0.717) is 19.6 Å². The number of carbonyl (C=O) groups excluding carboxylic acids is 1. The van der Waals surface area contributed by atoms with Crippen molar-refractivity contribution in [3.8, 4) is 0 Å². The highest BCUT2D eigenvalue weighted by Crippen LogP contribution is 2.23. The van der Waals surface area contributed by atoms with E-state index in [1.54, 1.807) is 4.90 Å². The van der Waals surface area contributed by atoms with Gasteiger partial charge in [0.1, 0.15) is 5.69 Å². The molecule has 25 heavy (non-hydrogen) atoms. The van der Waals surface area contributed by atoms with Gasteiger partial charge in [-0.2, -0.15) is 0 Å². The first-order valence-electron chi connectivity index (χ1n) is 8.18. The van der Waals surface area contributed by atoms with Crippen molar-refractivity contribution in [2.24, 2.45) is 0 Å². The van der Waals surface area contributed by atoms with Crippen molar-refractivity contribution in [1.82, 2.24) is 9.88 Å². The number of ether oxygens (including phenoxy) is 1. The zero-order valence-electron chi connectivity index (χ0n) is 13.6. The van der Waals surface area contributed by atoms with Crippen molar-refractivity contribution in [2.75, 3.05) is 24.7 Å². The van der Waals surface area contributed by atoms with Gasteiger partial charge < -0.3 is 14.7 Å². The molecule has 0 spiro atoms. The maximum atomic E-state index is 12.9. The fourth-order valence-electron chi connectivity index (χ4n) is 3.24. The standard InChI is InChI=1S/C16H20N2O6S/c19-15(11-3-4-14(16(20)21)17-8-11)18(9-13-2-1-6-24-13)12-5-7-25(22,23)10-12/h3-4,8,12-13H,1-2,5-7,9-10H2,(H,20,21). The van der Waals surface area contributed by atoms with Crippen molar-refractivity contribution in [2.45, 2.75) is 31.4 Å². The molecule has 2 aliphatic heterocycles. The topological polar surface area (TPSA) is 114 Å². The summed E-state index contributed by atoms with van der Waals surface area (Å²) in [6.07, 6.45) is 3.28. The number of hydrogen-bond acceptors (Lipinski definition) is 6. The maximum absolute atomic E-state index is 12.9. The van der Waals surface area contributed by atoms with Gasteiger partial charge in [0.2, 0.25) is 0 Å². The molecule has 3 heterocycles. The first-order chi connectivity index (χ1) is 11.9. The molecule has 0 radical (unpaired) electrons. The third kappa shape index (κ3) is 4.16. The Morgan fingerprint density at radius 2 is 2.12 bits per heavy atom. The highest BCUT2D eigenvalue weighted by molar-refractivity contribution is 7.91. The van der Waals surface area contributed by atoms with E-state index in [-0.39, 0.29) is 40.8 Å². The maximum Gasteiger partial charge on any atom is 0.354 e. The number of rotatable bonds is 5. The van der Waals surface area contributed by atoms with E-state index >= 15 is 0 Å². The molecule has 2 fully saturated rings. The quantitative estimate of drug-likeness (QED) is 0.809. The van der Waals surface area contributed by atoms with Crippen LogP contribution in [-0.4, -0.2) is 72.1 Å². The Balaban J connectivity index is 1.81. The SMILES string of the molecule is O=C(O)c1ccc(C(=O)N(CC2CCCO2)C2CCS(=O)(=O)C2)cn1. The Hall–Kier alpha value is -2.00. The molecule has 1 amide bonds. The van der Waals surface area contributed by atoms with Crippen molar-refractivity contribution in [3.63, 3.8) is 0 Å². The number of pyridine rings is 1. The molecule has 2 atom stereocenters. The molecule has 1 N–H and O–H groups in total. The number of sulfone groups is 1. The van der Waals surface area contributed by atoms with Crippen LogP contribution in [0.4, 0.5) is 0 Å². The highest BCUT2D eigenvalue weighted by atomic mass is 32.2. The summed E-state index contributed by atoms with van der Waals surface area (Å²) in [5.74, 6) is -1.49. The van der Waals surface area contributed by atoms with Gasteiger partial charge in [0.25, 0.3) is 5.91 Å². The van der Waals surface area contributed by atoms with Crippen LogP contribution in [0.1, 0.15) is 40.1 Å². The number of aromatic carboxylic acids is 1. The number of hydrogen-bond donors (Lipinski definition) is 1. The Bertz CT molecular complexity index is 755. The molecular formula is C16H20N2O6S. The number of carbonyl (C=O) groups is 2. The van der Waals surface area contributed by atoms with Crippen LogP contribution in [0.15, 0.2) is 18.3 Å². The Labute approximate surface area is 145 Å². The summed E-state index contributed by atoms with van der Waals surface area (Å²) in [7, 11) is -3.14. The summed E-state index contributed by atoms with van der Waals surface area (Å²) in [6.45, 7) is 0.976. The molecule has 0 aliphatic carbocycles. The van der Waals surface area contributed by atoms with Crippen LogP contribution in [0, 0.1) is 0 Å². The van der Waals surface area contributed by atoms with Gasteiger partial charge in [0.05, 0.1) is 23.2 Å². The summed E-state index contributed by atoms with van der Waals surface area (Å²) in [6, 6.07) is 2.29. The number of nitrogens with zero attached hydrogens (tertiary/aromatic N) is 2. The summed E-state index contributed by atoms with van der Waals surface area (Å²) in [5, 5.41) is 8.90. The molecule has 0 bridgehead atoms. The summed E-state index contributed by atoms with van der Waals surface area (Å²) in [5.41, 5.74) is 0.0953. The van der Waals surface area contributed by atoms with Gasteiger partial charge in [0.15, 0.2) is 9.84 Å². The minimum absolute atomic E-state index is 0.0495. The highest BCUT2D eigenvalue weighted by Gasteiger charge is 2.36. The van der Waals surface area contributed by atoms with E-state index in [2.05, 4.69) is 4.98 Å². The molecule has 3 rings (SSSR count). The normalized spacial score (nSPS) is 25.0. The average Bonchev–Trinajstić information content (AvgIpc) is 3.21.